The van der Waals surface area contributed by atoms with Gasteiger partial charge in [0.1, 0.15) is 11.4 Å². The number of amides is 1. The number of benzene rings is 2. The first-order valence-corrected chi connectivity index (χ1v) is 9.60. The molecule has 0 fully saturated rings. The van der Waals surface area contributed by atoms with Crippen LogP contribution in [0.4, 0.5) is 5.69 Å². The van der Waals surface area contributed by atoms with E-state index in [9.17, 15) is 4.79 Å². The van der Waals surface area contributed by atoms with Crippen LogP contribution < -0.4 is 10.1 Å². The molecule has 0 radical (unpaired) electrons. The van der Waals surface area contributed by atoms with Gasteiger partial charge in [-0.1, -0.05) is 42.0 Å². The molecule has 2 aromatic heterocycles. The summed E-state index contributed by atoms with van der Waals surface area (Å²) in [6.45, 7) is 4.51. The van der Waals surface area contributed by atoms with Gasteiger partial charge in [0.15, 0.2) is 4.96 Å². The molecule has 1 amide bonds. The molecular weight excluding hydrogens is 358 g/mol. The van der Waals surface area contributed by atoms with Gasteiger partial charge >= 0.3 is 0 Å². The summed E-state index contributed by atoms with van der Waals surface area (Å²) in [6.07, 6.45) is 1.90. The highest BCUT2D eigenvalue weighted by molar-refractivity contribution is 7.15. The van der Waals surface area contributed by atoms with Crippen LogP contribution in [0.3, 0.4) is 0 Å². The molecule has 0 saturated heterocycles. The van der Waals surface area contributed by atoms with Crippen molar-refractivity contribution >= 4 is 27.9 Å². The predicted molar refractivity (Wildman–Crippen MR) is 109 cm³/mol. The predicted octanol–water partition coefficient (Wildman–Crippen LogP) is 5.02. The molecule has 5 nitrogen and oxygen atoms in total. The van der Waals surface area contributed by atoms with E-state index >= 15 is 0 Å². The van der Waals surface area contributed by atoms with Crippen molar-refractivity contribution in [2.24, 2.45) is 0 Å². The minimum Gasteiger partial charge on any atom is -0.492 e. The van der Waals surface area contributed by atoms with Gasteiger partial charge in [-0.25, -0.2) is 4.98 Å². The van der Waals surface area contributed by atoms with Gasteiger partial charge in [-0.15, -0.1) is 11.3 Å². The lowest BCUT2D eigenvalue weighted by molar-refractivity contribution is 0.102. The van der Waals surface area contributed by atoms with Crippen LogP contribution in [-0.2, 0) is 0 Å². The number of hydrogen-bond donors (Lipinski definition) is 1. The largest absolute Gasteiger partial charge is 0.492 e. The van der Waals surface area contributed by atoms with Gasteiger partial charge < -0.3 is 10.1 Å². The van der Waals surface area contributed by atoms with Crippen molar-refractivity contribution in [3.05, 3.63) is 71.4 Å². The molecule has 27 heavy (non-hydrogen) atoms. The molecule has 0 bridgehead atoms. The van der Waals surface area contributed by atoms with Crippen molar-refractivity contribution in [2.45, 2.75) is 13.8 Å². The summed E-state index contributed by atoms with van der Waals surface area (Å²) in [7, 11) is 0. The standard InChI is InChI=1S/C21H19N3O2S/c1-3-26-19-7-5-4-6-16(19)22-20(25)18-13-27-21-23-17(12-24(18)21)15-10-8-14(2)9-11-15/h4-13H,3H2,1-2H3,(H,22,25). The number of fused-ring (bicyclic) bond motifs is 1. The van der Waals surface area contributed by atoms with E-state index in [1.807, 2.05) is 59.3 Å². The van der Waals surface area contributed by atoms with Gasteiger partial charge in [-0.2, -0.15) is 0 Å². The minimum atomic E-state index is -0.193. The molecule has 0 aliphatic rings. The molecule has 1 N–H and O–H groups in total. The molecule has 0 unspecified atom stereocenters. The number of rotatable bonds is 5. The van der Waals surface area contributed by atoms with E-state index in [4.69, 9.17) is 4.74 Å². The molecule has 0 atom stereocenters. The van der Waals surface area contributed by atoms with Crippen molar-refractivity contribution in [1.29, 1.82) is 0 Å². The number of carbonyl (C=O) groups excluding carboxylic acids is 1. The van der Waals surface area contributed by atoms with Crippen molar-refractivity contribution in [3.8, 4) is 17.0 Å². The van der Waals surface area contributed by atoms with Crippen LogP contribution in [0.5, 0.6) is 5.75 Å². The summed E-state index contributed by atoms with van der Waals surface area (Å²) in [6, 6.07) is 15.6. The highest BCUT2D eigenvalue weighted by atomic mass is 32.1. The molecular formula is C21H19N3O2S. The summed E-state index contributed by atoms with van der Waals surface area (Å²) >= 11 is 1.45. The third kappa shape index (κ3) is 3.44. The summed E-state index contributed by atoms with van der Waals surface area (Å²) in [5.74, 6) is 0.465. The van der Waals surface area contributed by atoms with Crippen LogP contribution in [0.1, 0.15) is 23.0 Å². The monoisotopic (exact) mass is 377 g/mol. The van der Waals surface area contributed by atoms with Crippen LogP contribution in [0.25, 0.3) is 16.2 Å². The van der Waals surface area contributed by atoms with Gasteiger partial charge in [-0.3, -0.25) is 9.20 Å². The Hall–Kier alpha value is -3.12. The lowest BCUT2D eigenvalue weighted by Crippen LogP contribution is -2.14. The molecule has 6 heteroatoms. The molecule has 136 valence electrons. The maximum atomic E-state index is 12.8. The molecule has 2 heterocycles. The van der Waals surface area contributed by atoms with Gasteiger partial charge in [0.25, 0.3) is 5.91 Å². The highest BCUT2D eigenvalue weighted by Crippen LogP contribution is 2.27. The second-order valence-electron chi connectivity index (χ2n) is 6.15. The number of anilines is 1. The summed E-state index contributed by atoms with van der Waals surface area (Å²) < 4.78 is 7.41. The fourth-order valence-electron chi connectivity index (χ4n) is 2.85. The van der Waals surface area contributed by atoms with Crippen LogP contribution in [0.2, 0.25) is 0 Å². The van der Waals surface area contributed by atoms with E-state index in [0.717, 1.165) is 16.2 Å². The Bertz CT molecular complexity index is 1100. The number of nitrogens with one attached hydrogen (secondary N) is 1. The highest BCUT2D eigenvalue weighted by Gasteiger charge is 2.16. The Morgan fingerprint density at radius 2 is 1.96 bits per heavy atom. The number of nitrogens with zero attached hydrogens (tertiary/aromatic N) is 2. The van der Waals surface area contributed by atoms with E-state index in [1.165, 1.54) is 16.9 Å². The average Bonchev–Trinajstić information content (AvgIpc) is 3.25. The second kappa shape index (κ2) is 7.25. The Labute approximate surface area is 161 Å². The lowest BCUT2D eigenvalue weighted by Gasteiger charge is -2.10. The molecule has 2 aromatic carbocycles. The Morgan fingerprint density at radius 1 is 1.19 bits per heavy atom. The van der Waals surface area contributed by atoms with E-state index in [2.05, 4.69) is 29.4 Å². The first-order valence-electron chi connectivity index (χ1n) is 8.72. The van der Waals surface area contributed by atoms with E-state index in [1.54, 1.807) is 0 Å². The Kier molecular flexibility index (Phi) is 4.64. The van der Waals surface area contributed by atoms with Crippen molar-refractivity contribution in [2.75, 3.05) is 11.9 Å². The normalized spacial score (nSPS) is 10.9. The van der Waals surface area contributed by atoms with Crippen LogP contribution in [-0.4, -0.2) is 21.9 Å². The van der Waals surface area contributed by atoms with E-state index in [-0.39, 0.29) is 5.91 Å². The number of hydrogen-bond acceptors (Lipinski definition) is 4. The zero-order chi connectivity index (χ0) is 18.8. The van der Waals surface area contributed by atoms with Crippen molar-refractivity contribution < 1.29 is 9.53 Å². The summed E-state index contributed by atoms with van der Waals surface area (Å²) in [5, 5.41) is 4.76. The van der Waals surface area contributed by atoms with Crippen LogP contribution in [0.15, 0.2) is 60.1 Å². The quantitative estimate of drug-likeness (QED) is 0.531. The molecule has 0 spiro atoms. The number of thiazole rings is 1. The first kappa shape index (κ1) is 17.3. The molecule has 4 rings (SSSR count). The SMILES string of the molecule is CCOc1ccccc1NC(=O)c1csc2nc(-c3ccc(C)cc3)cn12. The molecule has 0 aliphatic carbocycles. The average molecular weight is 377 g/mol. The summed E-state index contributed by atoms with van der Waals surface area (Å²) in [4.78, 5) is 18.3. The number of aromatic nitrogens is 2. The van der Waals surface area contributed by atoms with Crippen LogP contribution in [0, 0.1) is 6.92 Å². The lowest BCUT2D eigenvalue weighted by atomic mass is 10.1. The number of para-hydroxylation sites is 2. The Morgan fingerprint density at radius 3 is 2.74 bits per heavy atom. The Balaban J connectivity index is 1.64. The first-order chi connectivity index (χ1) is 13.2. The zero-order valence-electron chi connectivity index (χ0n) is 15.1. The molecule has 4 aromatic rings. The van der Waals surface area contributed by atoms with E-state index < -0.39 is 0 Å². The zero-order valence-corrected chi connectivity index (χ0v) is 15.9. The number of aryl methyl sites for hydroxylation is 1. The fourth-order valence-corrected chi connectivity index (χ4v) is 3.70. The molecule has 0 saturated carbocycles. The van der Waals surface area contributed by atoms with Gasteiger partial charge in [0.05, 0.1) is 18.0 Å². The molecule has 0 aliphatic heterocycles. The fraction of sp³-hybridized carbons (Fsp3) is 0.143. The summed E-state index contributed by atoms with van der Waals surface area (Å²) in [5.41, 5.74) is 4.29. The smallest absolute Gasteiger partial charge is 0.273 e. The topological polar surface area (TPSA) is 55.6 Å². The van der Waals surface area contributed by atoms with E-state index in [0.29, 0.717) is 23.7 Å². The van der Waals surface area contributed by atoms with Gasteiger partial charge in [-0.05, 0) is 26.0 Å². The van der Waals surface area contributed by atoms with Crippen molar-refractivity contribution in [3.63, 3.8) is 0 Å². The second-order valence-corrected chi connectivity index (χ2v) is 6.99. The number of carbonyl (C=O) groups is 1. The number of imidazole rings is 1. The third-order valence-corrected chi connectivity index (χ3v) is 5.06. The van der Waals surface area contributed by atoms with Crippen molar-refractivity contribution in [1.82, 2.24) is 9.38 Å². The minimum absolute atomic E-state index is 0.193. The van der Waals surface area contributed by atoms with Crippen LogP contribution >= 0.6 is 11.3 Å². The van der Waals surface area contributed by atoms with Gasteiger partial charge in [0.2, 0.25) is 0 Å². The maximum Gasteiger partial charge on any atom is 0.273 e. The maximum absolute atomic E-state index is 12.8. The third-order valence-electron chi connectivity index (χ3n) is 4.22. The van der Waals surface area contributed by atoms with Gasteiger partial charge in [0, 0.05) is 17.1 Å². The number of ether oxygens (including phenoxy) is 1.